The van der Waals surface area contributed by atoms with Crippen LogP contribution in [0.15, 0.2) is 47.2 Å². The summed E-state index contributed by atoms with van der Waals surface area (Å²) in [6.07, 6.45) is 5.47. The molecule has 1 N–H and O–H groups in total. The third-order valence-electron chi connectivity index (χ3n) is 3.41. The van der Waals surface area contributed by atoms with E-state index in [2.05, 4.69) is 58.1 Å². The molecule has 2 rings (SSSR count). The molecule has 1 aromatic carbocycles. The van der Waals surface area contributed by atoms with Crippen molar-refractivity contribution < 1.29 is 4.74 Å². The second kappa shape index (κ2) is 8.25. The first-order valence-electron chi connectivity index (χ1n) is 7.46. The average Bonchev–Trinajstić information content (AvgIpc) is 2.96. The monoisotopic (exact) mass is 350 g/mol. The van der Waals surface area contributed by atoms with Gasteiger partial charge in [0.1, 0.15) is 12.4 Å². The largest absolute Gasteiger partial charge is 0.492 e. The van der Waals surface area contributed by atoms with Crippen molar-refractivity contribution in [1.82, 2.24) is 9.88 Å². The maximum atomic E-state index is 5.74. The first-order valence-corrected chi connectivity index (χ1v) is 8.25. The Morgan fingerprint density at radius 3 is 2.71 bits per heavy atom. The second-order valence-corrected chi connectivity index (χ2v) is 6.08. The topological polar surface area (TPSA) is 26.2 Å². The average molecular weight is 351 g/mol. The summed E-state index contributed by atoms with van der Waals surface area (Å²) >= 11 is 3.42. The number of rotatable bonds is 8. The molecular formula is C17H23BrN2O. The number of hydrogen-bond acceptors (Lipinski definition) is 2. The van der Waals surface area contributed by atoms with E-state index in [1.807, 2.05) is 24.3 Å². The van der Waals surface area contributed by atoms with Gasteiger partial charge in [0.2, 0.25) is 0 Å². The zero-order valence-corrected chi connectivity index (χ0v) is 14.3. The Labute approximate surface area is 135 Å². The van der Waals surface area contributed by atoms with Crippen LogP contribution in [0, 0.1) is 0 Å². The number of nitrogens with zero attached hydrogens (tertiary/aromatic N) is 1. The maximum Gasteiger partial charge on any atom is 0.119 e. The zero-order chi connectivity index (χ0) is 15.1. The van der Waals surface area contributed by atoms with Gasteiger partial charge in [0.25, 0.3) is 0 Å². The summed E-state index contributed by atoms with van der Waals surface area (Å²) in [6.45, 7) is 6.97. The molecule has 4 heteroatoms. The summed E-state index contributed by atoms with van der Waals surface area (Å²) in [5.41, 5.74) is 1.33. The van der Waals surface area contributed by atoms with Crippen molar-refractivity contribution in [3.8, 4) is 5.75 Å². The zero-order valence-electron chi connectivity index (χ0n) is 12.7. The molecule has 0 amide bonds. The van der Waals surface area contributed by atoms with Crippen molar-refractivity contribution in [1.29, 1.82) is 0 Å². The highest BCUT2D eigenvalue weighted by Gasteiger charge is 2.05. The first kappa shape index (κ1) is 16.1. The molecule has 21 heavy (non-hydrogen) atoms. The van der Waals surface area contributed by atoms with Crippen LogP contribution >= 0.6 is 15.9 Å². The standard InChI is InChI=1S/C17H23BrN2O/c1-3-9-19-14(2)15-8-10-20(13-15)11-12-21-17-6-4-16(18)5-7-17/h4-8,10,13-14,19H,3,9,11-12H2,1-2H3. The highest BCUT2D eigenvalue weighted by Crippen LogP contribution is 2.16. The van der Waals surface area contributed by atoms with Crippen LogP contribution in [0.2, 0.25) is 0 Å². The van der Waals surface area contributed by atoms with Gasteiger partial charge in [0.05, 0.1) is 6.54 Å². The SMILES string of the molecule is CCCNC(C)c1ccn(CCOc2ccc(Br)cc2)c1. The van der Waals surface area contributed by atoms with Crippen molar-refractivity contribution in [2.24, 2.45) is 0 Å². The number of nitrogens with one attached hydrogen (secondary N) is 1. The van der Waals surface area contributed by atoms with E-state index >= 15 is 0 Å². The fraction of sp³-hybridized carbons (Fsp3) is 0.412. The first-order chi connectivity index (χ1) is 10.2. The van der Waals surface area contributed by atoms with E-state index in [1.54, 1.807) is 0 Å². The lowest BCUT2D eigenvalue weighted by Crippen LogP contribution is -2.18. The molecule has 0 aliphatic heterocycles. The lowest BCUT2D eigenvalue weighted by atomic mass is 10.2. The highest BCUT2D eigenvalue weighted by atomic mass is 79.9. The normalized spacial score (nSPS) is 12.3. The van der Waals surface area contributed by atoms with Gasteiger partial charge < -0.3 is 14.6 Å². The molecule has 0 bridgehead atoms. The van der Waals surface area contributed by atoms with Crippen molar-refractivity contribution >= 4 is 15.9 Å². The van der Waals surface area contributed by atoms with Crippen LogP contribution in [0.3, 0.4) is 0 Å². The number of halogens is 1. The van der Waals surface area contributed by atoms with Gasteiger partial charge >= 0.3 is 0 Å². The number of benzene rings is 1. The van der Waals surface area contributed by atoms with Crippen molar-refractivity contribution in [3.05, 3.63) is 52.8 Å². The fourth-order valence-electron chi connectivity index (χ4n) is 2.13. The van der Waals surface area contributed by atoms with E-state index in [0.717, 1.165) is 29.7 Å². The lowest BCUT2D eigenvalue weighted by molar-refractivity contribution is 0.298. The molecule has 1 aromatic heterocycles. The van der Waals surface area contributed by atoms with Gasteiger partial charge in [-0.15, -0.1) is 0 Å². The Morgan fingerprint density at radius 1 is 1.24 bits per heavy atom. The van der Waals surface area contributed by atoms with Crippen LogP contribution in [-0.4, -0.2) is 17.7 Å². The Morgan fingerprint density at radius 2 is 2.00 bits per heavy atom. The van der Waals surface area contributed by atoms with Crippen LogP contribution in [0.1, 0.15) is 31.9 Å². The smallest absolute Gasteiger partial charge is 0.119 e. The van der Waals surface area contributed by atoms with Gasteiger partial charge in [-0.25, -0.2) is 0 Å². The van der Waals surface area contributed by atoms with Crippen LogP contribution in [0.25, 0.3) is 0 Å². The third-order valence-corrected chi connectivity index (χ3v) is 3.93. The van der Waals surface area contributed by atoms with Crippen molar-refractivity contribution in [3.63, 3.8) is 0 Å². The van der Waals surface area contributed by atoms with E-state index in [1.165, 1.54) is 5.56 Å². The van der Waals surface area contributed by atoms with Crippen LogP contribution in [0.5, 0.6) is 5.75 Å². The van der Waals surface area contributed by atoms with Gasteiger partial charge in [-0.2, -0.15) is 0 Å². The summed E-state index contributed by atoms with van der Waals surface area (Å²) in [7, 11) is 0. The van der Waals surface area contributed by atoms with Gasteiger partial charge in [0, 0.05) is 22.9 Å². The molecule has 1 atom stereocenters. The Kier molecular flexibility index (Phi) is 6.33. The summed E-state index contributed by atoms with van der Waals surface area (Å²) in [5, 5.41) is 3.50. The van der Waals surface area contributed by atoms with Gasteiger partial charge in [-0.05, 0) is 55.8 Å². The number of hydrogen-bond donors (Lipinski definition) is 1. The summed E-state index contributed by atoms with van der Waals surface area (Å²) in [4.78, 5) is 0. The second-order valence-electron chi connectivity index (χ2n) is 5.16. The molecule has 0 aliphatic rings. The predicted molar refractivity (Wildman–Crippen MR) is 90.8 cm³/mol. The van der Waals surface area contributed by atoms with Gasteiger partial charge in [-0.1, -0.05) is 22.9 Å². The summed E-state index contributed by atoms with van der Waals surface area (Å²) in [5.74, 6) is 0.906. The molecule has 1 unspecified atom stereocenters. The molecule has 114 valence electrons. The number of ether oxygens (including phenoxy) is 1. The molecule has 0 saturated carbocycles. The molecule has 0 spiro atoms. The highest BCUT2D eigenvalue weighted by molar-refractivity contribution is 9.10. The molecular weight excluding hydrogens is 328 g/mol. The van der Waals surface area contributed by atoms with Crippen LogP contribution < -0.4 is 10.1 Å². The molecule has 0 fully saturated rings. The molecule has 2 aromatic rings. The fourth-order valence-corrected chi connectivity index (χ4v) is 2.40. The van der Waals surface area contributed by atoms with E-state index < -0.39 is 0 Å². The molecule has 0 saturated heterocycles. The maximum absolute atomic E-state index is 5.74. The van der Waals surface area contributed by atoms with Crippen LogP contribution in [-0.2, 0) is 6.54 Å². The van der Waals surface area contributed by atoms with Crippen LogP contribution in [0.4, 0.5) is 0 Å². The van der Waals surface area contributed by atoms with Crippen molar-refractivity contribution in [2.45, 2.75) is 32.9 Å². The molecule has 1 heterocycles. The quantitative estimate of drug-likeness (QED) is 0.763. The Balaban J connectivity index is 1.78. The summed E-state index contributed by atoms with van der Waals surface area (Å²) in [6, 6.07) is 10.5. The number of aromatic nitrogens is 1. The van der Waals surface area contributed by atoms with E-state index in [-0.39, 0.29) is 0 Å². The van der Waals surface area contributed by atoms with Gasteiger partial charge in [-0.3, -0.25) is 0 Å². The minimum atomic E-state index is 0.401. The minimum Gasteiger partial charge on any atom is -0.492 e. The third kappa shape index (κ3) is 5.21. The Hall–Kier alpha value is -1.26. The molecule has 3 nitrogen and oxygen atoms in total. The molecule has 0 aliphatic carbocycles. The van der Waals surface area contributed by atoms with Crippen molar-refractivity contribution in [2.75, 3.05) is 13.2 Å². The lowest BCUT2D eigenvalue weighted by Gasteiger charge is -2.11. The van der Waals surface area contributed by atoms with E-state index in [0.29, 0.717) is 12.6 Å². The Bertz CT molecular complexity index is 536. The molecule has 0 radical (unpaired) electrons. The summed E-state index contributed by atoms with van der Waals surface area (Å²) < 4.78 is 8.99. The van der Waals surface area contributed by atoms with E-state index in [4.69, 9.17) is 4.74 Å². The minimum absolute atomic E-state index is 0.401. The van der Waals surface area contributed by atoms with Gasteiger partial charge in [0.15, 0.2) is 0 Å². The van der Waals surface area contributed by atoms with E-state index in [9.17, 15) is 0 Å². The predicted octanol–water partition coefficient (Wildman–Crippen LogP) is 4.39.